The number of ether oxygens (including phenoxy) is 1. The van der Waals surface area contributed by atoms with Gasteiger partial charge in [-0.25, -0.2) is 9.59 Å². The number of nitrogens with one attached hydrogen (secondary N) is 2. The van der Waals surface area contributed by atoms with Crippen LogP contribution in [0.1, 0.15) is 20.3 Å². The van der Waals surface area contributed by atoms with Crippen molar-refractivity contribution in [3.05, 3.63) is 24.3 Å². The summed E-state index contributed by atoms with van der Waals surface area (Å²) < 4.78 is 5.05. The first-order chi connectivity index (χ1) is 9.47. The third-order valence-electron chi connectivity index (χ3n) is 3.09. The molecule has 0 heterocycles. The minimum Gasteiger partial charge on any atom is -0.497 e. The molecule has 20 heavy (non-hydrogen) atoms. The first-order valence-electron chi connectivity index (χ1n) is 6.42. The van der Waals surface area contributed by atoms with E-state index in [1.165, 1.54) is 7.11 Å². The highest BCUT2D eigenvalue weighted by molar-refractivity contribution is 5.92. The summed E-state index contributed by atoms with van der Waals surface area (Å²) in [6, 6.07) is 5.37. The number of benzene rings is 1. The molecule has 6 nitrogen and oxygen atoms in total. The van der Waals surface area contributed by atoms with E-state index < -0.39 is 18.0 Å². The van der Waals surface area contributed by atoms with Gasteiger partial charge in [0, 0.05) is 11.8 Å². The standard InChI is InChI=1S/C14H20N2O4/c1-4-9(2)12(13(17)18)16-14(19)15-10-6-5-7-11(8-10)20-3/h5-9,12H,4H2,1-3H3,(H,17,18)(H2,15,16,19)/t9?,12-/m0/s1. The molecule has 0 spiro atoms. The van der Waals surface area contributed by atoms with Crippen LogP contribution in [0.2, 0.25) is 0 Å². The van der Waals surface area contributed by atoms with Gasteiger partial charge in [-0.15, -0.1) is 0 Å². The number of rotatable bonds is 6. The Morgan fingerprint density at radius 3 is 2.65 bits per heavy atom. The lowest BCUT2D eigenvalue weighted by Gasteiger charge is -2.20. The fraction of sp³-hybridized carbons (Fsp3) is 0.429. The molecule has 0 fully saturated rings. The molecular formula is C14H20N2O4. The first-order valence-corrected chi connectivity index (χ1v) is 6.42. The van der Waals surface area contributed by atoms with Crippen molar-refractivity contribution in [1.29, 1.82) is 0 Å². The average molecular weight is 280 g/mol. The molecule has 1 aromatic carbocycles. The molecule has 2 atom stereocenters. The van der Waals surface area contributed by atoms with Gasteiger partial charge < -0.3 is 20.5 Å². The van der Waals surface area contributed by atoms with E-state index in [4.69, 9.17) is 9.84 Å². The lowest BCUT2D eigenvalue weighted by Crippen LogP contribution is -2.46. The molecule has 6 heteroatoms. The van der Waals surface area contributed by atoms with Crippen LogP contribution in [0.25, 0.3) is 0 Å². The number of carboxylic acid groups (broad SMARTS) is 1. The predicted molar refractivity (Wildman–Crippen MR) is 76.0 cm³/mol. The Bertz CT molecular complexity index is 476. The van der Waals surface area contributed by atoms with Gasteiger partial charge in [0.1, 0.15) is 11.8 Å². The quantitative estimate of drug-likeness (QED) is 0.746. The summed E-state index contributed by atoms with van der Waals surface area (Å²) in [7, 11) is 1.53. The van der Waals surface area contributed by atoms with Gasteiger partial charge >= 0.3 is 12.0 Å². The smallest absolute Gasteiger partial charge is 0.326 e. The molecule has 0 aliphatic carbocycles. The number of methoxy groups -OCH3 is 1. The van der Waals surface area contributed by atoms with Crippen LogP contribution in [0.4, 0.5) is 10.5 Å². The Balaban J connectivity index is 2.68. The second kappa shape index (κ2) is 7.37. The van der Waals surface area contributed by atoms with Gasteiger partial charge in [0.25, 0.3) is 0 Å². The van der Waals surface area contributed by atoms with Crippen molar-refractivity contribution in [2.24, 2.45) is 5.92 Å². The first kappa shape index (κ1) is 15.8. The van der Waals surface area contributed by atoms with Gasteiger partial charge in [-0.2, -0.15) is 0 Å². The van der Waals surface area contributed by atoms with E-state index in [1.807, 2.05) is 6.92 Å². The zero-order chi connectivity index (χ0) is 15.1. The van der Waals surface area contributed by atoms with Gasteiger partial charge in [-0.1, -0.05) is 26.3 Å². The maximum Gasteiger partial charge on any atom is 0.326 e. The highest BCUT2D eigenvalue weighted by Gasteiger charge is 2.25. The Kier molecular flexibility index (Phi) is 5.83. The molecular weight excluding hydrogens is 260 g/mol. The van der Waals surface area contributed by atoms with E-state index in [1.54, 1.807) is 31.2 Å². The number of carboxylic acids is 1. The number of hydrogen-bond donors (Lipinski definition) is 3. The van der Waals surface area contributed by atoms with Gasteiger partial charge in [-0.3, -0.25) is 0 Å². The van der Waals surface area contributed by atoms with Crippen molar-refractivity contribution in [3.8, 4) is 5.75 Å². The second-order valence-corrected chi connectivity index (χ2v) is 4.53. The zero-order valence-corrected chi connectivity index (χ0v) is 11.8. The van der Waals surface area contributed by atoms with Crippen molar-refractivity contribution < 1.29 is 19.4 Å². The molecule has 0 bridgehead atoms. The highest BCUT2D eigenvalue weighted by Crippen LogP contribution is 2.16. The molecule has 1 rings (SSSR count). The van der Waals surface area contributed by atoms with E-state index in [9.17, 15) is 9.59 Å². The summed E-state index contributed by atoms with van der Waals surface area (Å²) in [5.41, 5.74) is 0.537. The summed E-state index contributed by atoms with van der Waals surface area (Å²) >= 11 is 0. The molecule has 2 amide bonds. The minimum absolute atomic E-state index is 0.149. The molecule has 3 N–H and O–H groups in total. The van der Waals surface area contributed by atoms with E-state index >= 15 is 0 Å². The molecule has 0 aliphatic rings. The number of hydrogen-bond acceptors (Lipinski definition) is 3. The van der Waals surface area contributed by atoms with Crippen molar-refractivity contribution >= 4 is 17.7 Å². The van der Waals surface area contributed by atoms with Crippen molar-refractivity contribution in [2.45, 2.75) is 26.3 Å². The average Bonchev–Trinajstić information content (AvgIpc) is 2.43. The Hall–Kier alpha value is -2.24. The van der Waals surface area contributed by atoms with E-state index in [-0.39, 0.29) is 5.92 Å². The maximum absolute atomic E-state index is 11.8. The van der Waals surface area contributed by atoms with Crippen molar-refractivity contribution in [1.82, 2.24) is 5.32 Å². The molecule has 110 valence electrons. The Morgan fingerprint density at radius 1 is 1.40 bits per heavy atom. The van der Waals surface area contributed by atoms with Crippen LogP contribution in [0, 0.1) is 5.92 Å². The summed E-state index contributed by atoms with van der Waals surface area (Å²) in [5.74, 6) is -0.580. The van der Waals surface area contributed by atoms with E-state index in [0.29, 0.717) is 17.9 Å². The van der Waals surface area contributed by atoms with Crippen LogP contribution in [-0.4, -0.2) is 30.3 Å². The topological polar surface area (TPSA) is 87.7 Å². The number of carbonyl (C=O) groups excluding carboxylic acids is 1. The van der Waals surface area contributed by atoms with E-state index in [2.05, 4.69) is 10.6 Å². The fourth-order valence-electron chi connectivity index (χ4n) is 1.69. The van der Waals surface area contributed by atoms with Gasteiger partial charge in [0.05, 0.1) is 7.11 Å². The Labute approximate surface area is 118 Å². The second-order valence-electron chi connectivity index (χ2n) is 4.53. The van der Waals surface area contributed by atoms with Crippen LogP contribution in [0.3, 0.4) is 0 Å². The SMILES string of the molecule is CCC(C)[C@H](NC(=O)Nc1cccc(OC)c1)C(=O)O. The largest absolute Gasteiger partial charge is 0.497 e. The minimum atomic E-state index is -1.04. The lowest BCUT2D eigenvalue weighted by molar-refractivity contribution is -0.140. The molecule has 0 aliphatic heterocycles. The normalized spacial score (nSPS) is 13.2. The molecule has 1 unspecified atom stereocenters. The summed E-state index contributed by atoms with van der Waals surface area (Å²) in [5, 5.41) is 14.2. The molecule has 1 aromatic rings. The van der Waals surface area contributed by atoms with Crippen LogP contribution >= 0.6 is 0 Å². The number of anilines is 1. The summed E-state index contributed by atoms with van der Waals surface area (Å²) in [4.78, 5) is 22.9. The molecule has 0 aromatic heterocycles. The fourth-order valence-corrected chi connectivity index (χ4v) is 1.69. The van der Waals surface area contributed by atoms with Crippen LogP contribution in [0.5, 0.6) is 5.75 Å². The van der Waals surface area contributed by atoms with E-state index in [0.717, 1.165) is 0 Å². The predicted octanol–water partition coefficient (Wildman–Crippen LogP) is 2.32. The third kappa shape index (κ3) is 4.46. The maximum atomic E-state index is 11.8. The van der Waals surface area contributed by atoms with Crippen molar-refractivity contribution in [2.75, 3.05) is 12.4 Å². The number of urea groups is 1. The van der Waals surface area contributed by atoms with Gasteiger partial charge in [0.2, 0.25) is 0 Å². The number of aliphatic carboxylic acids is 1. The summed E-state index contributed by atoms with van der Waals surface area (Å²) in [6.45, 7) is 3.66. The van der Waals surface area contributed by atoms with Crippen LogP contribution in [0.15, 0.2) is 24.3 Å². The van der Waals surface area contributed by atoms with Crippen LogP contribution < -0.4 is 15.4 Å². The number of carbonyl (C=O) groups is 2. The van der Waals surface area contributed by atoms with Gasteiger partial charge in [0.15, 0.2) is 0 Å². The van der Waals surface area contributed by atoms with Crippen LogP contribution in [-0.2, 0) is 4.79 Å². The lowest BCUT2D eigenvalue weighted by atomic mass is 9.99. The molecule has 0 radical (unpaired) electrons. The zero-order valence-electron chi connectivity index (χ0n) is 11.8. The molecule has 0 saturated heterocycles. The van der Waals surface area contributed by atoms with Gasteiger partial charge in [-0.05, 0) is 18.1 Å². The van der Waals surface area contributed by atoms with Crippen molar-refractivity contribution in [3.63, 3.8) is 0 Å². The highest BCUT2D eigenvalue weighted by atomic mass is 16.5. The molecule has 0 saturated carbocycles. The summed E-state index contributed by atoms with van der Waals surface area (Å²) in [6.07, 6.45) is 0.663. The third-order valence-corrected chi connectivity index (χ3v) is 3.09. The number of amides is 2. The monoisotopic (exact) mass is 280 g/mol. The Morgan fingerprint density at radius 2 is 2.10 bits per heavy atom.